The van der Waals surface area contributed by atoms with Crippen molar-refractivity contribution in [3.8, 4) is 0 Å². The van der Waals surface area contributed by atoms with Gasteiger partial charge in [0.15, 0.2) is 0 Å². The number of hydrogen-bond donors (Lipinski definition) is 2. The van der Waals surface area contributed by atoms with Crippen molar-refractivity contribution in [2.24, 2.45) is 50.2 Å². The van der Waals surface area contributed by atoms with Crippen LogP contribution in [0, 0.1) is 50.2 Å². The number of ether oxygens (including phenoxy) is 1. The molecule has 36 heavy (non-hydrogen) atoms. The van der Waals surface area contributed by atoms with E-state index in [-0.39, 0.29) is 45.6 Å². The molecule has 0 radical (unpaired) electrons. The highest BCUT2D eigenvalue weighted by Crippen LogP contribution is 2.75. The lowest BCUT2D eigenvalue weighted by Crippen LogP contribution is -2.66. The molecule has 0 aromatic rings. The Morgan fingerprint density at radius 2 is 1.67 bits per heavy atom. The Bertz CT molecular complexity index is 938. The maximum atomic E-state index is 13.6. The van der Waals surface area contributed by atoms with Crippen LogP contribution >= 0.6 is 0 Å². The van der Waals surface area contributed by atoms with E-state index < -0.39 is 11.5 Å². The first-order valence-corrected chi connectivity index (χ1v) is 14.9. The Morgan fingerprint density at radius 1 is 0.972 bits per heavy atom. The first-order chi connectivity index (χ1) is 16.7. The Morgan fingerprint density at radius 3 is 2.33 bits per heavy atom. The van der Waals surface area contributed by atoms with E-state index in [9.17, 15) is 15.0 Å². The monoisotopic (exact) mass is 500 g/mol. The van der Waals surface area contributed by atoms with Gasteiger partial charge in [-0.25, -0.2) is 0 Å². The molecular formula is C32H52O4. The third-order valence-corrected chi connectivity index (χ3v) is 13.4. The van der Waals surface area contributed by atoms with Crippen LogP contribution in [0.5, 0.6) is 0 Å². The summed E-state index contributed by atoms with van der Waals surface area (Å²) in [6.45, 7) is 17.0. The highest BCUT2D eigenvalue weighted by molar-refractivity contribution is 5.78. The molecule has 0 unspecified atom stereocenters. The predicted molar refractivity (Wildman–Crippen MR) is 143 cm³/mol. The van der Waals surface area contributed by atoms with E-state index in [4.69, 9.17) is 4.74 Å². The van der Waals surface area contributed by atoms with Crippen LogP contribution in [0.25, 0.3) is 0 Å². The molecule has 0 aliphatic heterocycles. The minimum Gasteiger partial charge on any atom is -0.466 e. The van der Waals surface area contributed by atoms with Crippen LogP contribution in [0.3, 0.4) is 0 Å². The minimum absolute atomic E-state index is 0.0522. The van der Waals surface area contributed by atoms with Gasteiger partial charge in [0.25, 0.3) is 0 Å². The Hall–Kier alpha value is -0.870. The van der Waals surface area contributed by atoms with Crippen molar-refractivity contribution >= 4 is 5.97 Å². The van der Waals surface area contributed by atoms with E-state index in [0.29, 0.717) is 18.4 Å². The van der Waals surface area contributed by atoms with Crippen LogP contribution in [0.15, 0.2) is 11.6 Å². The third-order valence-electron chi connectivity index (χ3n) is 13.4. The fraction of sp³-hybridized carbons (Fsp3) is 0.906. The van der Waals surface area contributed by atoms with Gasteiger partial charge in [-0.15, -0.1) is 0 Å². The smallest absolute Gasteiger partial charge is 0.312 e. The maximum Gasteiger partial charge on any atom is 0.312 e. The summed E-state index contributed by atoms with van der Waals surface area (Å²) in [7, 11) is 0. The van der Waals surface area contributed by atoms with Gasteiger partial charge >= 0.3 is 5.97 Å². The average Bonchev–Trinajstić information content (AvgIpc) is 2.82. The lowest BCUT2D eigenvalue weighted by atomic mass is 9.33. The van der Waals surface area contributed by atoms with Gasteiger partial charge in [0, 0.05) is 5.41 Å². The quantitative estimate of drug-likeness (QED) is 0.335. The Balaban J connectivity index is 1.58. The fourth-order valence-electron chi connectivity index (χ4n) is 10.9. The van der Waals surface area contributed by atoms with Crippen LogP contribution in [-0.4, -0.2) is 35.5 Å². The number of hydrogen-bond acceptors (Lipinski definition) is 4. The lowest BCUT2D eigenvalue weighted by molar-refractivity contribution is -0.217. The summed E-state index contributed by atoms with van der Waals surface area (Å²) < 4.78 is 5.77. The van der Waals surface area contributed by atoms with E-state index >= 15 is 0 Å². The van der Waals surface area contributed by atoms with Gasteiger partial charge in [-0.05, 0) is 111 Å². The maximum absolute atomic E-state index is 13.6. The number of fused-ring (bicyclic) bond motifs is 7. The molecule has 0 spiro atoms. The zero-order valence-electron chi connectivity index (χ0n) is 24.1. The Labute approximate surface area is 219 Å². The highest BCUT2D eigenvalue weighted by Gasteiger charge is 2.69. The number of aliphatic hydroxyl groups excluding tert-OH is 2. The topological polar surface area (TPSA) is 66.8 Å². The van der Waals surface area contributed by atoms with Crippen molar-refractivity contribution in [3.05, 3.63) is 11.6 Å². The number of carbonyl (C=O) groups is 1. The highest BCUT2D eigenvalue weighted by atomic mass is 16.5. The molecule has 4 heteroatoms. The van der Waals surface area contributed by atoms with Crippen molar-refractivity contribution in [2.45, 2.75) is 119 Å². The molecular weight excluding hydrogens is 448 g/mol. The summed E-state index contributed by atoms with van der Waals surface area (Å²) in [5, 5.41) is 21.4. The molecule has 0 aromatic heterocycles. The number of rotatable bonds is 3. The van der Waals surface area contributed by atoms with Gasteiger partial charge in [-0.3, -0.25) is 4.79 Å². The third kappa shape index (κ3) is 3.28. The van der Waals surface area contributed by atoms with E-state index in [2.05, 4.69) is 47.6 Å². The number of aliphatic hydroxyl groups is 2. The van der Waals surface area contributed by atoms with Crippen molar-refractivity contribution in [1.29, 1.82) is 0 Å². The van der Waals surface area contributed by atoms with Gasteiger partial charge in [0.2, 0.25) is 0 Å². The molecule has 4 nitrogen and oxygen atoms in total. The second-order valence-electron chi connectivity index (χ2n) is 15.3. The SMILES string of the molecule is CCOC(=O)[C@]12CCC(C)(C)C[C@H]1C1=CC[C@@H]3[C@@]4(C)CC[C@H](O)[C@@](C)(CO)[C@@H]4CC[C@@]3(C)[C@]1(C)CC2. The molecule has 4 fully saturated rings. The standard InChI is InChI=1S/C32H52O4/c1-8-36-26(35)32-17-15-27(2,3)19-22(32)21-9-10-24-28(4)13-12-25(34)29(5,20-33)23(28)11-14-31(24,7)30(21,6)16-18-32/h9,22-25,33-34H,8,10-20H2,1-7H3/t22-,23+,24+,25-,28-,29-,30+,31+,32-/m0/s1. The van der Waals surface area contributed by atoms with Crippen LogP contribution < -0.4 is 0 Å². The van der Waals surface area contributed by atoms with E-state index in [1.54, 1.807) is 5.57 Å². The summed E-state index contributed by atoms with van der Waals surface area (Å²) in [4.78, 5) is 13.6. The van der Waals surface area contributed by atoms with Gasteiger partial charge in [0.1, 0.15) is 0 Å². The van der Waals surface area contributed by atoms with Crippen molar-refractivity contribution < 1.29 is 19.7 Å². The molecule has 0 aromatic carbocycles. The zero-order chi connectivity index (χ0) is 26.4. The summed E-state index contributed by atoms with van der Waals surface area (Å²) in [5.41, 5.74) is 1.37. The van der Waals surface area contributed by atoms with Crippen molar-refractivity contribution in [1.82, 2.24) is 0 Å². The molecule has 2 N–H and O–H groups in total. The summed E-state index contributed by atoms with van der Waals surface area (Å²) in [6.07, 6.45) is 12.4. The largest absolute Gasteiger partial charge is 0.466 e. The molecule has 5 rings (SSSR count). The average molecular weight is 501 g/mol. The predicted octanol–water partition coefficient (Wildman–Crippen LogP) is 6.68. The van der Waals surface area contributed by atoms with E-state index in [1.807, 2.05) is 6.92 Å². The molecule has 0 bridgehead atoms. The van der Waals surface area contributed by atoms with Crippen LogP contribution in [0.4, 0.5) is 0 Å². The minimum atomic E-state index is -0.418. The van der Waals surface area contributed by atoms with Crippen LogP contribution in [-0.2, 0) is 9.53 Å². The zero-order valence-corrected chi connectivity index (χ0v) is 24.1. The summed E-state index contributed by atoms with van der Waals surface area (Å²) in [5.74, 6) is 1.20. The molecule has 204 valence electrons. The molecule has 0 amide bonds. The second kappa shape index (κ2) is 8.31. The van der Waals surface area contributed by atoms with Gasteiger partial charge in [-0.1, -0.05) is 53.2 Å². The molecule has 5 aliphatic rings. The Kier molecular flexibility index (Phi) is 6.17. The molecule has 0 heterocycles. The molecule has 5 aliphatic carbocycles. The van der Waals surface area contributed by atoms with Gasteiger partial charge < -0.3 is 14.9 Å². The lowest BCUT2D eigenvalue weighted by Gasteiger charge is -2.71. The van der Waals surface area contributed by atoms with Crippen molar-refractivity contribution in [2.75, 3.05) is 13.2 Å². The second-order valence-corrected chi connectivity index (χ2v) is 15.3. The van der Waals surface area contributed by atoms with Crippen molar-refractivity contribution in [3.63, 3.8) is 0 Å². The van der Waals surface area contributed by atoms with Crippen LogP contribution in [0.2, 0.25) is 0 Å². The fourth-order valence-corrected chi connectivity index (χ4v) is 10.9. The first kappa shape index (κ1) is 26.7. The van der Waals surface area contributed by atoms with Crippen LogP contribution in [0.1, 0.15) is 113 Å². The van der Waals surface area contributed by atoms with Gasteiger partial charge in [0.05, 0.1) is 24.7 Å². The summed E-state index contributed by atoms with van der Waals surface area (Å²) in [6, 6.07) is 0. The number of esters is 1. The number of allylic oxidation sites excluding steroid dienone is 2. The molecule has 4 saturated carbocycles. The molecule has 9 atom stereocenters. The van der Waals surface area contributed by atoms with E-state index in [0.717, 1.165) is 64.2 Å². The first-order valence-electron chi connectivity index (χ1n) is 14.9. The normalized spacial score (nSPS) is 51.6. The van der Waals surface area contributed by atoms with Gasteiger partial charge in [-0.2, -0.15) is 0 Å². The number of carbonyl (C=O) groups excluding carboxylic acids is 1. The summed E-state index contributed by atoms with van der Waals surface area (Å²) >= 11 is 0. The van der Waals surface area contributed by atoms with E-state index in [1.165, 1.54) is 0 Å². The molecule has 0 saturated heterocycles.